The van der Waals surface area contributed by atoms with E-state index in [2.05, 4.69) is 15.1 Å². The van der Waals surface area contributed by atoms with Crippen molar-refractivity contribution < 1.29 is 9.50 Å². The van der Waals surface area contributed by atoms with Crippen molar-refractivity contribution in [2.45, 2.75) is 50.4 Å². The third-order valence-electron chi connectivity index (χ3n) is 6.08. The molecule has 3 aromatic rings. The predicted octanol–water partition coefficient (Wildman–Crippen LogP) is 3.56. The van der Waals surface area contributed by atoms with Crippen LogP contribution in [-0.4, -0.2) is 38.1 Å². The highest BCUT2D eigenvalue weighted by molar-refractivity contribution is 5.89. The van der Waals surface area contributed by atoms with Crippen LogP contribution >= 0.6 is 0 Å². The van der Waals surface area contributed by atoms with Gasteiger partial charge in [0, 0.05) is 30.2 Å². The van der Waals surface area contributed by atoms with E-state index in [1.54, 1.807) is 37.5 Å². The van der Waals surface area contributed by atoms with Crippen LogP contribution in [0.5, 0.6) is 5.75 Å². The lowest BCUT2D eigenvalue weighted by Crippen LogP contribution is -2.41. The van der Waals surface area contributed by atoms with Gasteiger partial charge in [-0.2, -0.15) is 0 Å². The van der Waals surface area contributed by atoms with Crippen LogP contribution in [0.4, 0.5) is 10.2 Å². The molecule has 2 aliphatic rings. The van der Waals surface area contributed by atoms with Crippen molar-refractivity contribution in [3.05, 3.63) is 46.9 Å². The first kappa shape index (κ1) is 18.1. The van der Waals surface area contributed by atoms with Crippen LogP contribution in [0.3, 0.4) is 0 Å². The molecule has 2 heterocycles. The third-order valence-corrected chi connectivity index (χ3v) is 6.08. The van der Waals surface area contributed by atoms with Crippen LogP contribution < -0.4 is 10.5 Å². The Labute approximate surface area is 167 Å². The molecule has 29 heavy (non-hydrogen) atoms. The number of hydrogen-bond donors (Lipinski definition) is 1. The van der Waals surface area contributed by atoms with Crippen molar-refractivity contribution in [2.24, 2.45) is 7.05 Å². The summed E-state index contributed by atoms with van der Waals surface area (Å²) in [6.45, 7) is 0. The number of rotatable bonds is 4. The molecule has 6 nitrogen and oxygen atoms in total. The number of hydrogen-bond acceptors (Lipinski definition) is 5. The van der Waals surface area contributed by atoms with Crippen molar-refractivity contribution >= 4 is 16.6 Å². The predicted molar refractivity (Wildman–Crippen MR) is 110 cm³/mol. The Hall–Kier alpha value is -2.96. The van der Waals surface area contributed by atoms with E-state index in [0.29, 0.717) is 40.3 Å². The Morgan fingerprint density at radius 1 is 1.14 bits per heavy atom. The summed E-state index contributed by atoms with van der Waals surface area (Å²) < 4.78 is 15.9. The van der Waals surface area contributed by atoms with Gasteiger partial charge in [0.2, 0.25) is 0 Å². The normalized spacial score (nSPS) is 21.6. The van der Waals surface area contributed by atoms with Crippen molar-refractivity contribution in [1.82, 2.24) is 14.8 Å². The maximum Gasteiger partial charge on any atom is 0.258 e. The number of aromatic nitrogens is 3. The number of alkyl halides is 1. The Bertz CT molecular complexity index is 1120. The molecule has 0 saturated heterocycles. The van der Waals surface area contributed by atoms with Gasteiger partial charge in [-0.05, 0) is 67.8 Å². The minimum absolute atomic E-state index is 0.0477. The first-order valence-electron chi connectivity index (χ1n) is 10.1. The number of anilines is 1. The third kappa shape index (κ3) is 3.14. The molecule has 0 amide bonds. The number of fused-ring (bicyclic) bond motifs is 1. The van der Waals surface area contributed by atoms with Crippen LogP contribution in [0, 0.1) is 0 Å². The summed E-state index contributed by atoms with van der Waals surface area (Å²) in [5.41, 5.74) is 0.809. The topological polar surface area (TPSA) is 71.2 Å². The van der Waals surface area contributed by atoms with Gasteiger partial charge >= 0.3 is 0 Å². The number of phenolic OH excluding ortho intramolecular Hbond substituents is 1. The summed E-state index contributed by atoms with van der Waals surface area (Å²) in [7, 11) is 1.69. The monoisotopic (exact) mass is 394 g/mol. The van der Waals surface area contributed by atoms with E-state index in [1.807, 2.05) is 6.07 Å². The van der Waals surface area contributed by atoms with E-state index in [1.165, 1.54) is 4.57 Å². The summed E-state index contributed by atoms with van der Waals surface area (Å²) in [6, 6.07) is 8.87. The average molecular weight is 394 g/mol. The minimum Gasteiger partial charge on any atom is -0.507 e. The molecular weight excluding hydrogens is 371 g/mol. The zero-order valence-electron chi connectivity index (χ0n) is 16.3. The molecule has 1 aromatic carbocycles. The molecule has 7 heteroatoms. The van der Waals surface area contributed by atoms with Gasteiger partial charge in [0.15, 0.2) is 5.82 Å². The van der Waals surface area contributed by atoms with Crippen LogP contribution in [-0.2, 0) is 7.05 Å². The second-order valence-electron chi connectivity index (χ2n) is 8.12. The molecule has 0 radical (unpaired) electrons. The van der Waals surface area contributed by atoms with Gasteiger partial charge in [0.25, 0.3) is 5.56 Å². The van der Waals surface area contributed by atoms with Gasteiger partial charge < -0.3 is 14.6 Å². The number of aromatic hydroxyl groups is 1. The summed E-state index contributed by atoms with van der Waals surface area (Å²) in [5, 5.41) is 20.3. The van der Waals surface area contributed by atoms with E-state index in [0.717, 1.165) is 25.7 Å². The molecule has 2 saturated carbocycles. The summed E-state index contributed by atoms with van der Waals surface area (Å²) in [5.74, 6) is 0.730. The molecule has 0 aliphatic heterocycles. The maximum atomic E-state index is 14.4. The van der Waals surface area contributed by atoms with Crippen molar-refractivity contribution in [3.63, 3.8) is 0 Å². The second-order valence-corrected chi connectivity index (χ2v) is 8.12. The zero-order valence-corrected chi connectivity index (χ0v) is 16.3. The van der Waals surface area contributed by atoms with Gasteiger partial charge in [0.05, 0.1) is 11.7 Å². The number of aryl methyl sites for hydroxylation is 1. The van der Waals surface area contributed by atoms with Gasteiger partial charge in [-0.15, -0.1) is 10.2 Å². The highest BCUT2D eigenvalue weighted by Crippen LogP contribution is 2.39. The Kier molecular flexibility index (Phi) is 4.26. The van der Waals surface area contributed by atoms with E-state index < -0.39 is 6.17 Å². The lowest BCUT2D eigenvalue weighted by molar-refractivity contribution is 0.300. The Morgan fingerprint density at radius 3 is 2.62 bits per heavy atom. The number of nitrogens with zero attached hydrogens (tertiary/aromatic N) is 4. The van der Waals surface area contributed by atoms with Gasteiger partial charge in [0.1, 0.15) is 11.9 Å². The zero-order chi connectivity index (χ0) is 20.1. The van der Waals surface area contributed by atoms with Crippen LogP contribution in [0.15, 0.2) is 41.3 Å². The maximum absolute atomic E-state index is 14.4. The summed E-state index contributed by atoms with van der Waals surface area (Å²) >= 11 is 0. The van der Waals surface area contributed by atoms with E-state index in [9.17, 15) is 14.3 Å². The lowest BCUT2D eigenvalue weighted by atomic mass is 10.0. The molecule has 2 fully saturated rings. The molecule has 150 valence electrons. The summed E-state index contributed by atoms with van der Waals surface area (Å²) in [6.07, 6.45) is 5.32. The number of benzene rings is 1. The molecule has 2 aromatic heterocycles. The molecular formula is C22H23FN4O2. The number of pyridine rings is 1. The molecule has 0 spiro atoms. The van der Waals surface area contributed by atoms with Crippen molar-refractivity contribution in [1.29, 1.82) is 0 Å². The molecule has 5 rings (SSSR count). The molecule has 2 aliphatic carbocycles. The van der Waals surface area contributed by atoms with Crippen LogP contribution in [0.2, 0.25) is 0 Å². The fourth-order valence-corrected chi connectivity index (χ4v) is 4.38. The van der Waals surface area contributed by atoms with Crippen LogP contribution in [0.1, 0.15) is 32.1 Å². The molecule has 1 N–H and O–H groups in total. The smallest absolute Gasteiger partial charge is 0.258 e. The van der Waals surface area contributed by atoms with Crippen molar-refractivity contribution in [2.75, 3.05) is 4.90 Å². The average Bonchev–Trinajstić information content (AvgIpc) is 3.47. The highest BCUT2D eigenvalue weighted by Gasteiger charge is 2.41. The van der Waals surface area contributed by atoms with Gasteiger partial charge in [-0.1, -0.05) is 0 Å². The lowest BCUT2D eigenvalue weighted by Gasteiger charge is -2.31. The molecule has 2 atom stereocenters. The molecule has 2 unspecified atom stereocenters. The fraction of sp³-hybridized carbons (Fsp3) is 0.409. The Balaban J connectivity index is 1.52. The summed E-state index contributed by atoms with van der Waals surface area (Å²) in [4.78, 5) is 14.5. The number of halogens is 1. The number of phenols is 1. The van der Waals surface area contributed by atoms with E-state index in [-0.39, 0.29) is 17.4 Å². The second kappa shape index (κ2) is 6.83. The quantitative estimate of drug-likeness (QED) is 0.733. The highest BCUT2D eigenvalue weighted by atomic mass is 19.1. The fourth-order valence-electron chi connectivity index (χ4n) is 4.38. The van der Waals surface area contributed by atoms with Gasteiger partial charge in [-0.25, -0.2) is 4.39 Å². The molecule has 0 bridgehead atoms. The largest absolute Gasteiger partial charge is 0.507 e. The minimum atomic E-state index is -0.821. The van der Waals surface area contributed by atoms with E-state index in [4.69, 9.17) is 0 Å². The van der Waals surface area contributed by atoms with E-state index >= 15 is 0 Å². The standard InChI is InChI=1S/C22H23FN4O2/c1-26-10-9-13-11-20(28)16(12-15(13)22(26)29)18-7-8-21(25-24-18)27(14-5-6-14)19-4-2-3-17(19)23/h7-12,14,17,19,28H,2-6H2,1H3. The van der Waals surface area contributed by atoms with Crippen molar-refractivity contribution in [3.8, 4) is 17.0 Å². The van der Waals surface area contributed by atoms with Gasteiger partial charge in [-0.3, -0.25) is 4.79 Å². The van der Waals surface area contributed by atoms with Crippen LogP contribution in [0.25, 0.3) is 22.0 Å². The SMILES string of the molecule is Cn1ccc2cc(O)c(-c3ccc(N(C4CC4)C4CCCC4F)nn3)cc2c1=O. The Morgan fingerprint density at radius 2 is 1.97 bits per heavy atom. The first-order valence-corrected chi connectivity index (χ1v) is 10.1. The first-order chi connectivity index (χ1) is 14.0.